The van der Waals surface area contributed by atoms with Crippen LogP contribution in [0.25, 0.3) is 0 Å². The number of benzene rings is 2. The van der Waals surface area contributed by atoms with Gasteiger partial charge in [-0.2, -0.15) is 0 Å². The molecule has 0 spiro atoms. The van der Waals surface area contributed by atoms with E-state index in [1.165, 1.54) is 23.5 Å². The normalized spacial score (nSPS) is 12.7. The lowest BCUT2D eigenvalue weighted by atomic mass is 10.1. The number of anilines is 1. The third-order valence-electron chi connectivity index (χ3n) is 4.69. The van der Waals surface area contributed by atoms with Gasteiger partial charge in [-0.25, -0.2) is 18.1 Å². The van der Waals surface area contributed by atoms with Gasteiger partial charge in [-0.1, -0.05) is 23.7 Å². The van der Waals surface area contributed by atoms with E-state index in [1.54, 1.807) is 12.1 Å². The predicted octanol–water partition coefficient (Wildman–Crippen LogP) is 3.73. The molecule has 0 saturated carbocycles. The maximum atomic E-state index is 12.3. The van der Waals surface area contributed by atoms with Gasteiger partial charge in [0.2, 0.25) is 22.7 Å². The van der Waals surface area contributed by atoms with Crippen LogP contribution in [0.4, 0.5) is 5.13 Å². The van der Waals surface area contributed by atoms with Crippen LogP contribution in [0, 0.1) is 6.92 Å². The maximum Gasteiger partial charge on any atom is 0.240 e. The van der Waals surface area contributed by atoms with Gasteiger partial charge < -0.3 is 14.8 Å². The van der Waals surface area contributed by atoms with Crippen molar-refractivity contribution in [1.82, 2.24) is 9.71 Å². The summed E-state index contributed by atoms with van der Waals surface area (Å²) in [7, 11) is -3.74. The van der Waals surface area contributed by atoms with Crippen molar-refractivity contribution < 1.29 is 22.7 Å². The quantitative estimate of drug-likeness (QED) is 0.495. The fourth-order valence-corrected chi connectivity index (χ4v) is 5.43. The zero-order valence-corrected chi connectivity index (χ0v) is 19.4. The molecule has 0 bridgehead atoms. The van der Waals surface area contributed by atoms with E-state index < -0.39 is 10.0 Å². The maximum absolute atomic E-state index is 12.3. The van der Waals surface area contributed by atoms with E-state index >= 15 is 0 Å². The Morgan fingerprint density at radius 1 is 1.19 bits per heavy atom. The van der Waals surface area contributed by atoms with Crippen LogP contribution in [0.1, 0.15) is 22.6 Å². The Bertz CT molecular complexity index is 1260. The molecule has 11 heteroatoms. The van der Waals surface area contributed by atoms with Crippen LogP contribution >= 0.6 is 22.9 Å². The number of rotatable bonds is 8. The first-order valence-corrected chi connectivity index (χ1v) is 12.4. The number of nitrogens with zero attached hydrogens (tertiary/aromatic N) is 1. The minimum atomic E-state index is -3.74. The Hall–Kier alpha value is -2.66. The van der Waals surface area contributed by atoms with E-state index in [1.807, 2.05) is 25.1 Å². The van der Waals surface area contributed by atoms with E-state index in [9.17, 15) is 13.2 Å². The highest BCUT2D eigenvalue weighted by Gasteiger charge is 2.17. The van der Waals surface area contributed by atoms with Crippen molar-refractivity contribution in [2.75, 3.05) is 18.7 Å². The second-order valence-electron chi connectivity index (χ2n) is 7.05. The molecule has 2 N–H and O–H groups in total. The minimum Gasteiger partial charge on any atom is -0.454 e. The molecule has 0 fully saturated rings. The van der Waals surface area contributed by atoms with Gasteiger partial charge in [-0.05, 0) is 42.8 Å². The summed E-state index contributed by atoms with van der Waals surface area (Å²) in [5.74, 6) is 1.12. The highest BCUT2D eigenvalue weighted by molar-refractivity contribution is 7.89. The molecule has 0 aliphatic carbocycles. The van der Waals surface area contributed by atoms with Crippen molar-refractivity contribution in [2.24, 2.45) is 0 Å². The molecule has 32 heavy (non-hydrogen) atoms. The number of hydrogen-bond acceptors (Lipinski definition) is 7. The Balaban J connectivity index is 1.31. The van der Waals surface area contributed by atoms with Crippen LogP contribution in [-0.4, -0.2) is 32.6 Å². The second kappa shape index (κ2) is 9.45. The number of carbonyl (C=O) groups is 1. The fraction of sp³-hybridized carbons (Fsp3) is 0.238. The topological polar surface area (TPSA) is 107 Å². The number of thiazole rings is 1. The zero-order chi connectivity index (χ0) is 22.7. The van der Waals surface area contributed by atoms with Crippen molar-refractivity contribution in [1.29, 1.82) is 0 Å². The molecular formula is C21H20ClN3O5S2. The van der Waals surface area contributed by atoms with Gasteiger partial charge in [0, 0.05) is 29.3 Å². The molecule has 0 atom stereocenters. The number of hydrogen-bond donors (Lipinski definition) is 2. The summed E-state index contributed by atoms with van der Waals surface area (Å²) in [6.45, 7) is 2.06. The van der Waals surface area contributed by atoms with Crippen LogP contribution in [0.15, 0.2) is 47.4 Å². The Morgan fingerprint density at radius 3 is 2.81 bits per heavy atom. The molecule has 0 unspecified atom stereocenters. The number of sulfonamides is 1. The van der Waals surface area contributed by atoms with E-state index in [-0.39, 0.29) is 30.6 Å². The van der Waals surface area contributed by atoms with Crippen LogP contribution in [-0.2, 0) is 21.2 Å². The lowest BCUT2D eigenvalue weighted by Crippen LogP contribution is -2.27. The summed E-state index contributed by atoms with van der Waals surface area (Å²) in [6.07, 6.45) is 0.616. The Labute approximate surface area is 194 Å². The number of carbonyl (C=O) groups excluding carboxylic acids is 1. The molecule has 1 aliphatic rings. The Morgan fingerprint density at radius 2 is 2.00 bits per heavy atom. The van der Waals surface area contributed by atoms with Crippen LogP contribution in [0.5, 0.6) is 11.5 Å². The molecule has 1 aliphatic heterocycles. The minimum absolute atomic E-state index is 0.0318. The van der Waals surface area contributed by atoms with Gasteiger partial charge in [-0.15, -0.1) is 11.3 Å². The number of ether oxygens (including phenoxy) is 2. The van der Waals surface area contributed by atoms with Crippen molar-refractivity contribution in [2.45, 2.75) is 24.7 Å². The number of amides is 1. The molecule has 1 aromatic heterocycles. The highest BCUT2D eigenvalue weighted by atomic mass is 35.5. The lowest BCUT2D eigenvalue weighted by molar-refractivity contribution is -0.116. The van der Waals surface area contributed by atoms with E-state index in [4.69, 9.17) is 21.1 Å². The molecule has 168 valence electrons. The highest BCUT2D eigenvalue weighted by Crippen LogP contribution is 2.34. The first-order chi connectivity index (χ1) is 15.3. The van der Waals surface area contributed by atoms with Crippen LogP contribution < -0.4 is 19.5 Å². The summed E-state index contributed by atoms with van der Waals surface area (Å²) in [5, 5.41) is 3.53. The van der Waals surface area contributed by atoms with Gasteiger partial charge in [-0.3, -0.25) is 4.79 Å². The summed E-state index contributed by atoms with van der Waals surface area (Å²) in [5.41, 5.74) is 1.87. The molecule has 4 rings (SSSR count). The summed E-state index contributed by atoms with van der Waals surface area (Å²) < 4.78 is 37.7. The predicted molar refractivity (Wildman–Crippen MR) is 122 cm³/mol. The summed E-state index contributed by atoms with van der Waals surface area (Å²) in [6, 6.07) is 11.7. The van der Waals surface area contributed by atoms with E-state index in [0.29, 0.717) is 16.6 Å². The monoisotopic (exact) mass is 493 g/mol. The van der Waals surface area contributed by atoms with E-state index in [2.05, 4.69) is 15.0 Å². The number of nitrogens with one attached hydrogen (secondary N) is 2. The number of aryl methyl sites for hydroxylation is 1. The number of halogens is 1. The van der Waals surface area contributed by atoms with Crippen LogP contribution in [0.3, 0.4) is 0 Å². The molecule has 8 nitrogen and oxygen atoms in total. The SMILES string of the molecule is Cc1nc(NC(=O)CCNS(=O)(=O)c2cccc(Cl)c2)sc1Cc1ccc2c(c1)OCO2. The largest absolute Gasteiger partial charge is 0.454 e. The molecule has 0 radical (unpaired) electrons. The third-order valence-corrected chi connectivity index (χ3v) is 7.46. The number of fused-ring (bicyclic) bond motifs is 1. The number of aromatic nitrogens is 1. The smallest absolute Gasteiger partial charge is 0.240 e. The van der Waals surface area contributed by atoms with Gasteiger partial charge in [0.15, 0.2) is 16.6 Å². The second-order valence-corrected chi connectivity index (χ2v) is 10.3. The van der Waals surface area contributed by atoms with Crippen LogP contribution in [0.2, 0.25) is 5.02 Å². The van der Waals surface area contributed by atoms with Gasteiger partial charge in [0.05, 0.1) is 10.6 Å². The molecular weight excluding hydrogens is 474 g/mol. The molecule has 1 amide bonds. The molecule has 3 aromatic rings. The first kappa shape index (κ1) is 22.5. The fourth-order valence-electron chi connectivity index (χ4n) is 3.08. The molecule has 0 saturated heterocycles. The van der Waals surface area contributed by atoms with E-state index in [0.717, 1.165) is 27.6 Å². The van der Waals surface area contributed by atoms with Gasteiger partial charge in [0.1, 0.15) is 0 Å². The molecule has 2 aromatic carbocycles. The summed E-state index contributed by atoms with van der Waals surface area (Å²) in [4.78, 5) is 17.7. The average Bonchev–Trinajstić information content (AvgIpc) is 3.34. The van der Waals surface area contributed by atoms with Crippen molar-refractivity contribution >= 4 is 44.0 Å². The third kappa shape index (κ3) is 5.39. The lowest BCUT2D eigenvalue weighted by Gasteiger charge is -2.07. The van der Waals surface area contributed by atoms with Gasteiger partial charge >= 0.3 is 0 Å². The first-order valence-electron chi connectivity index (χ1n) is 9.70. The van der Waals surface area contributed by atoms with Crippen molar-refractivity contribution in [3.63, 3.8) is 0 Å². The van der Waals surface area contributed by atoms with Crippen molar-refractivity contribution in [3.05, 3.63) is 63.6 Å². The Kier molecular flexibility index (Phi) is 6.66. The van der Waals surface area contributed by atoms with Crippen molar-refractivity contribution in [3.8, 4) is 11.5 Å². The molecule has 2 heterocycles. The van der Waals surface area contributed by atoms with Gasteiger partial charge in [0.25, 0.3) is 0 Å². The average molecular weight is 494 g/mol. The summed E-state index contributed by atoms with van der Waals surface area (Å²) >= 11 is 7.23. The zero-order valence-electron chi connectivity index (χ0n) is 17.1. The standard InChI is InChI=1S/C21H20ClN3O5S2/c1-13-19(10-14-5-6-17-18(9-14)30-12-29-17)31-21(24-13)25-20(26)7-8-23-32(27,28)16-4-2-3-15(22)11-16/h2-6,9,11,23H,7-8,10,12H2,1H3,(H,24,25,26).